The molecule has 0 aliphatic rings. The number of aryl methyl sites for hydroxylation is 1. The van der Waals surface area contributed by atoms with E-state index in [2.05, 4.69) is 21.4 Å². The number of carbonyl (C=O) groups excluding carboxylic acids is 1. The van der Waals surface area contributed by atoms with E-state index in [4.69, 9.17) is 0 Å². The maximum Gasteiger partial charge on any atom is 0.346 e. The summed E-state index contributed by atoms with van der Waals surface area (Å²) in [6.07, 6.45) is 3.34. The Morgan fingerprint density at radius 2 is 2.19 bits per heavy atom. The Hall–Kier alpha value is -2.75. The third-order valence-corrected chi connectivity index (χ3v) is 4.61. The van der Waals surface area contributed by atoms with Crippen LogP contribution in [-0.2, 0) is 10.0 Å². The maximum atomic E-state index is 13.1. The van der Waals surface area contributed by atoms with Crippen molar-refractivity contribution < 1.29 is 17.6 Å². The van der Waals surface area contributed by atoms with Crippen molar-refractivity contribution in [2.24, 2.45) is 0 Å². The van der Waals surface area contributed by atoms with E-state index in [-0.39, 0.29) is 5.69 Å². The van der Waals surface area contributed by atoms with Crippen LogP contribution in [0.5, 0.6) is 0 Å². The summed E-state index contributed by atoms with van der Waals surface area (Å²) in [6.45, 7) is 7.85. The smallest absolute Gasteiger partial charge is 0.319 e. The van der Waals surface area contributed by atoms with E-state index >= 15 is 0 Å². The summed E-state index contributed by atoms with van der Waals surface area (Å²) in [6, 6.07) is 3.14. The molecule has 10 heteroatoms. The van der Waals surface area contributed by atoms with Gasteiger partial charge in [0.05, 0.1) is 5.69 Å². The number of aromatic nitrogens is 3. The van der Waals surface area contributed by atoms with Gasteiger partial charge in [-0.25, -0.2) is 14.2 Å². The number of nitrogens with zero attached hydrogens (tertiary/aromatic N) is 4. The van der Waals surface area contributed by atoms with Crippen molar-refractivity contribution in [3.8, 4) is 0 Å². The van der Waals surface area contributed by atoms with E-state index in [1.165, 1.54) is 17.0 Å². The summed E-state index contributed by atoms with van der Waals surface area (Å²) in [5.74, 6) is -0.475. The van der Waals surface area contributed by atoms with Crippen LogP contribution >= 0.6 is 0 Å². The van der Waals surface area contributed by atoms with Gasteiger partial charge in [-0.3, -0.25) is 4.72 Å². The van der Waals surface area contributed by atoms with Crippen molar-refractivity contribution in [2.75, 3.05) is 17.8 Å². The van der Waals surface area contributed by atoms with Gasteiger partial charge in [0.15, 0.2) is 0 Å². The molecule has 0 aliphatic carbocycles. The first kappa shape index (κ1) is 19.6. The SMILES string of the molecule is C=CCN(CCC)C(=O)n1cnc(S(=O)(=O)Nc2ccc(F)cc2C)n1. The first-order valence-corrected chi connectivity index (χ1v) is 9.37. The van der Waals surface area contributed by atoms with Gasteiger partial charge in [0.25, 0.3) is 15.2 Å². The minimum atomic E-state index is -4.12. The van der Waals surface area contributed by atoms with Gasteiger partial charge in [0.1, 0.15) is 12.1 Å². The molecule has 0 aliphatic heterocycles. The van der Waals surface area contributed by atoms with Gasteiger partial charge >= 0.3 is 6.03 Å². The van der Waals surface area contributed by atoms with E-state index in [1.54, 1.807) is 13.0 Å². The number of anilines is 1. The number of benzene rings is 1. The van der Waals surface area contributed by atoms with Crippen LogP contribution < -0.4 is 4.72 Å². The monoisotopic (exact) mass is 381 g/mol. The van der Waals surface area contributed by atoms with E-state index in [1.807, 2.05) is 6.92 Å². The molecule has 1 aromatic heterocycles. The zero-order valence-electron chi connectivity index (χ0n) is 14.5. The van der Waals surface area contributed by atoms with E-state index in [0.717, 1.165) is 23.5 Å². The molecular weight excluding hydrogens is 361 g/mol. The molecule has 1 N–H and O–H groups in total. The summed E-state index contributed by atoms with van der Waals surface area (Å²) >= 11 is 0. The van der Waals surface area contributed by atoms with Crippen molar-refractivity contribution in [1.29, 1.82) is 0 Å². The third kappa shape index (κ3) is 4.45. The topological polar surface area (TPSA) is 97.2 Å². The molecule has 2 aromatic rings. The number of amides is 1. The van der Waals surface area contributed by atoms with E-state index < -0.39 is 27.0 Å². The summed E-state index contributed by atoms with van der Waals surface area (Å²) < 4.78 is 41.1. The summed E-state index contributed by atoms with van der Waals surface area (Å²) in [5, 5.41) is 3.21. The number of sulfonamides is 1. The Morgan fingerprint density at radius 3 is 2.81 bits per heavy atom. The van der Waals surface area contributed by atoms with Crippen molar-refractivity contribution in [3.63, 3.8) is 0 Å². The van der Waals surface area contributed by atoms with Crippen LogP contribution in [0.3, 0.4) is 0 Å². The lowest BCUT2D eigenvalue weighted by atomic mass is 10.2. The summed E-state index contributed by atoms with van der Waals surface area (Å²) in [4.78, 5) is 17.6. The van der Waals surface area contributed by atoms with Crippen LogP contribution in [0, 0.1) is 12.7 Å². The van der Waals surface area contributed by atoms with Gasteiger partial charge in [-0.2, -0.15) is 13.1 Å². The Kier molecular flexibility index (Phi) is 6.09. The average molecular weight is 381 g/mol. The highest BCUT2D eigenvalue weighted by Gasteiger charge is 2.23. The second-order valence-corrected chi connectivity index (χ2v) is 7.13. The lowest BCUT2D eigenvalue weighted by molar-refractivity contribution is 0.201. The second kappa shape index (κ2) is 8.09. The number of carbonyl (C=O) groups is 1. The Bertz CT molecular complexity index is 910. The molecule has 1 amide bonds. The largest absolute Gasteiger partial charge is 0.346 e. The fourth-order valence-electron chi connectivity index (χ4n) is 2.23. The Balaban J connectivity index is 2.24. The molecule has 0 atom stereocenters. The average Bonchev–Trinajstić information content (AvgIpc) is 3.07. The molecule has 1 aromatic carbocycles. The number of hydrogen-bond acceptors (Lipinski definition) is 5. The number of nitrogens with one attached hydrogen (secondary N) is 1. The first-order valence-electron chi connectivity index (χ1n) is 7.89. The first-order chi connectivity index (χ1) is 12.3. The molecule has 0 saturated carbocycles. The van der Waals surface area contributed by atoms with Crippen molar-refractivity contribution in [1.82, 2.24) is 19.7 Å². The van der Waals surface area contributed by atoms with Gasteiger partial charge in [0.2, 0.25) is 0 Å². The number of halogens is 1. The molecule has 8 nitrogen and oxygen atoms in total. The number of rotatable bonds is 7. The van der Waals surface area contributed by atoms with Gasteiger partial charge in [-0.15, -0.1) is 11.7 Å². The predicted molar refractivity (Wildman–Crippen MR) is 94.8 cm³/mol. The predicted octanol–water partition coefficient (Wildman–Crippen LogP) is 2.39. The van der Waals surface area contributed by atoms with Gasteiger partial charge < -0.3 is 4.90 Å². The normalized spacial score (nSPS) is 11.2. The summed E-state index contributed by atoms with van der Waals surface area (Å²) in [7, 11) is -4.12. The highest BCUT2D eigenvalue weighted by molar-refractivity contribution is 7.92. The van der Waals surface area contributed by atoms with Crippen molar-refractivity contribution in [3.05, 3.63) is 48.6 Å². The molecule has 26 heavy (non-hydrogen) atoms. The highest BCUT2D eigenvalue weighted by atomic mass is 32.2. The second-order valence-electron chi connectivity index (χ2n) is 5.55. The van der Waals surface area contributed by atoms with Crippen LogP contribution in [0.2, 0.25) is 0 Å². The fraction of sp³-hybridized carbons (Fsp3) is 0.312. The highest BCUT2D eigenvalue weighted by Crippen LogP contribution is 2.19. The molecule has 0 fully saturated rings. The fourth-order valence-corrected chi connectivity index (χ4v) is 3.22. The molecule has 1 heterocycles. The van der Waals surface area contributed by atoms with Crippen LogP contribution in [0.1, 0.15) is 18.9 Å². The Labute approximate surface area is 151 Å². The van der Waals surface area contributed by atoms with Gasteiger partial charge in [-0.05, 0) is 37.1 Å². The maximum absolute atomic E-state index is 13.1. The van der Waals surface area contributed by atoms with E-state index in [9.17, 15) is 17.6 Å². The lowest BCUT2D eigenvalue weighted by Gasteiger charge is -2.19. The number of hydrogen-bond donors (Lipinski definition) is 1. The molecule has 0 spiro atoms. The van der Waals surface area contributed by atoms with E-state index in [0.29, 0.717) is 18.7 Å². The van der Waals surface area contributed by atoms with Crippen LogP contribution in [-0.4, -0.2) is 47.2 Å². The molecule has 2 rings (SSSR count). The zero-order valence-corrected chi connectivity index (χ0v) is 15.3. The molecule has 0 bridgehead atoms. The van der Waals surface area contributed by atoms with Crippen LogP contribution in [0.4, 0.5) is 14.9 Å². The quantitative estimate of drug-likeness (QED) is 0.743. The van der Waals surface area contributed by atoms with Crippen LogP contribution in [0.15, 0.2) is 42.3 Å². The van der Waals surface area contributed by atoms with Crippen LogP contribution in [0.25, 0.3) is 0 Å². The molecule has 0 radical (unpaired) electrons. The van der Waals surface area contributed by atoms with Crippen molar-refractivity contribution in [2.45, 2.75) is 25.4 Å². The summed E-state index contributed by atoms with van der Waals surface area (Å²) in [5.41, 5.74) is 0.609. The van der Waals surface area contributed by atoms with Gasteiger partial charge in [-0.1, -0.05) is 13.0 Å². The van der Waals surface area contributed by atoms with Crippen molar-refractivity contribution >= 4 is 21.7 Å². The zero-order chi connectivity index (χ0) is 19.3. The molecule has 0 saturated heterocycles. The Morgan fingerprint density at radius 1 is 1.46 bits per heavy atom. The lowest BCUT2D eigenvalue weighted by Crippen LogP contribution is -2.35. The third-order valence-electron chi connectivity index (χ3n) is 3.45. The van der Waals surface area contributed by atoms with Gasteiger partial charge in [0, 0.05) is 13.1 Å². The molecule has 0 unspecified atom stereocenters. The minimum absolute atomic E-state index is 0.202. The minimum Gasteiger partial charge on any atom is -0.319 e. The molecule has 140 valence electrons. The molecular formula is C16H20FN5O3S. The standard InChI is InChI=1S/C16H20FN5O3S/c1-4-8-21(9-5-2)16(23)22-11-18-15(19-22)26(24,25)20-14-7-6-13(17)10-12(14)3/h4,6-7,10-11,20H,1,5,8-9H2,2-3H3.